The molecule has 1 fully saturated rings. The van der Waals surface area contributed by atoms with Gasteiger partial charge < -0.3 is 10.1 Å². The summed E-state index contributed by atoms with van der Waals surface area (Å²) in [5.74, 6) is 0. The van der Waals surface area contributed by atoms with Gasteiger partial charge in [0, 0.05) is 25.7 Å². The van der Waals surface area contributed by atoms with Crippen LogP contribution in [-0.2, 0) is 4.74 Å². The van der Waals surface area contributed by atoms with Crippen LogP contribution in [0.1, 0.15) is 53.9 Å². The van der Waals surface area contributed by atoms with E-state index in [4.69, 9.17) is 4.74 Å². The zero-order chi connectivity index (χ0) is 14.3. The van der Waals surface area contributed by atoms with Crippen molar-refractivity contribution >= 4 is 0 Å². The van der Waals surface area contributed by atoms with E-state index < -0.39 is 0 Å². The first kappa shape index (κ1) is 16.9. The summed E-state index contributed by atoms with van der Waals surface area (Å²) in [5.41, 5.74) is 0.384. The Morgan fingerprint density at radius 2 is 2.05 bits per heavy atom. The molecule has 0 amide bonds. The van der Waals surface area contributed by atoms with Gasteiger partial charge in [-0.2, -0.15) is 0 Å². The normalized spacial score (nSPS) is 28.3. The second kappa shape index (κ2) is 8.23. The summed E-state index contributed by atoms with van der Waals surface area (Å²) in [7, 11) is 0. The highest BCUT2D eigenvalue weighted by Crippen LogP contribution is 2.27. The molecule has 0 radical (unpaired) electrons. The van der Waals surface area contributed by atoms with E-state index in [9.17, 15) is 0 Å². The van der Waals surface area contributed by atoms with Crippen molar-refractivity contribution in [3.05, 3.63) is 0 Å². The van der Waals surface area contributed by atoms with E-state index in [1.54, 1.807) is 0 Å². The van der Waals surface area contributed by atoms with Crippen molar-refractivity contribution in [3.8, 4) is 0 Å². The Morgan fingerprint density at radius 1 is 1.32 bits per heavy atom. The molecule has 1 N–H and O–H groups in total. The van der Waals surface area contributed by atoms with Crippen molar-refractivity contribution in [3.63, 3.8) is 0 Å². The van der Waals surface area contributed by atoms with Crippen molar-refractivity contribution in [1.82, 2.24) is 10.2 Å². The van der Waals surface area contributed by atoms with Crippen LogP contribution in [0.5, 0.6) is 0 Å². The van der Waals surface area contributed by atoms with E-state index in [1.165, 1.54) is 25.8 Å². The molecule has 1 aliphatic rings. The molecule has 3 unspecified atom stereocenters. The van der Waals surface area contributed by atoms with Crippen LogP contribution in [0.4, 0.5) is 0 Å². The molecule has 3 heteroatoms. The van der Waals surface area contributed by atoms with Gasteiger partial charge in [-0.05, 0) is 31.7 Å². The molecule has 19 heavy (non-hydrogen) atoms. The molecule has 1 rings (SSSR count). The Labute approximate surface area is 120 Å². The Hall–Kier alpha value is -0.120. The second-order valence-electron chi connectivity index (χ2n) is 6.48. The van der Waals surface area contributed by atoms with E-state index in [-0.39, 0.29) is 0 Å². The predicted octanol–water partition coefficient (Wildman–Crippen LogP) is 2.90. The third-order valence-electron chi connectivity index (χ3n) is 4.29. The minimum atomic E-state index is 0.382. The molecule has 1 aliphatic heterocycles. The van der Waals surface area contributed by atoms with E-state index in [0.717, 1.165) is 26.2 Å². The standard InChI is InChI=1S/C16H34N2O/c1-6-9-16(5,12-17-8-3)13-18-10-14(4)19-11-15(18)7-2/h14-15,17H,6-13H2,1-5H3. The van der Waals surface area contributed by atoms with Gasteiger partial charge in [0.2, 0.25) is 0 Å². The summed E-state index contributed by atoms with van der Waals surface area (Å²) < 4.78 is 5.81. The monoisotopic (exact) mass is 270 g/mol. The second-order valence-corrected chi connectivity index (χ2v) is 6.48. The molecule has 114 valence electrons. The zero-order valence-corrected chi connectivity index (χ0v) is 13.7. The van der Waals surface area contributed by atoms with E-state index in [2.05, 4.69) is 44.8 Å². The molecule has 0 bridgehead atoms. The summed E-state index contributed by atoms with van der Waals surface area (Å²) in [4.78, 5) is 2.67. The Balaban J connectivity index is 2.63. The number of morpholine rings is 1. The third kappa shape index (κ3) is 5.41. The van der Waals surface area contributed by atoms with E-state index >= 15 is 0 Å². The lowest BCUT2D eigenvalue weighted by Crippen LogP contribution is -2.53. The van der Waals surface area contributed by atoms with Gasteiger partial charge in [-0.25, -0.2) is 0 Å². The van der Waals surface area contributed by atoms with Crippen LogP contribution in [0.25, 0.3) is 0 Å². The first-order chi connectivity index (χ1) is 9.04. The molecule has 1 saturated heterocycles. The topological polar surface area (TPSA) is 24.5 Å². The minimum absolute atomic E-state index is 0.382. The smallest absolute Gasteiger partial charge is 0.0674 e. The Bertz CT molecular complexity index is 247. The van der Waals surface area contributed by atoms with Crippen LogP contribution in [0, 0.1) is 5.41 Å². The molecule has 0 aromatic heterocycles. The Morgan fingerprint density at radius 3 is 2.63 bits per heavy atom. The average molecular weight is 270 g/mol. The number of hydrogen-bond donors (Lipinski definition) is 1. The van der Waals surface area contributed by atoms with Crippen molar-refractivity contribution < 1.29 is 4.74 Å². The van der Waals surface area contributed by atoms with Crippen LogP contribution >= 0.6 is 0 Å². The highest BCUT2D eigenvalue weighted by atomic mass is 16.5. The van der Waals surface area contributed by atoms with Gasteiger partial charge in [0.25, 0.3) is 0 Å². The first-order valence-corrected chi connectivity index (χ1v) is 8.11. The molecule has 0 aromatic rings. The lowest BCUT2D eigenvalue weighted by molar-refractivity contribution is -0.0685. The maximum Gasteiger partial charge on any atom is 0.0674 e. The van der Waals surface area contributed by atoms with Gasteiger partial charge in [0.05, 0.1) is 12.7 Å². The summed E-state index contributed by atoms with van der Waals surface area (Å²) in [6.45, 7) is 16.8. The van der Waals surface area contributed by atoms with Crippen LogP contribution < -0.4 is 5.32 Å². The molecule has 0 spiro atoms. The van der Waals surface area contributed by atoms with Gasteiger partial charge in [0.15, 0.2) is 0 Å². The largest absolute Gasteiger partial charge is 0.376 e. The molecule has 0 saturated carbocycles. The lowest BCUT2D eigenvalue weighted by Gasteiger charge is -2.43. The fourth-order valence-corrected chi connectivity index (χ4v) is 3.23. The fraction of sp³-hybridized carbons (Fsp3) is 1.00. The van der Waals surface area contributed by atoms with E-state index in [1.807, 2.05) is 0 Å². The van der Waals surface area contributed by atoms with Crippen molar-refractivity contribution in [1.29, 1.82) is 0 Å². The average Bonchev–Trinajstić information content (AvgIpc) is 2.37. The number of nitrogens with zero attached hydrogens (tertiary/aromatic N) is 1. The van der Waals surface area contributed by atoms with Gasteiger partial charge in [-0.15, -0.1) is 0 Å². The summed E-state index contributed by atoms with van der Waals surface area (Å²) in [5, 5.41) is 3.55. The molecular formula is C16H34N2O. The molecule has 0 aromatic carbocycles. The molecule has 1 heterocycles. The van der Waals surface area contributed by atoms with Gasteiger partial charge in [-0.1, -0.05) is 34.1 Å². The first-order valence-electron chi connectivity index (χ1n) is 8.11. The number of nitrogens with one attached hydrogen (secondary N) is 1. The number of hydrogen-bond acceptors (Lipinski definition) is 3. The van der Waals surface area contributed by atoms with Gasteiger partial charge in [0.1, 0.15) is 0 Å². The number of rotatable bonds is 8. The molecule has 3 atom stereocenters. The summed E-state index contributed by atoms with van der Waals surface area (Å²) >= 11 is 0. The fourth-order valence-electron chi connectivity index (χ4n) is 3.23. The van der Waals surface area contributed by atoms with Crippen LogP contribution in [0.2, 0.25) is 0 Å². The summed E-state index contributed by atoms with van der Waals surface area (Å²) in [6, 6.07) is 0.606. The maximum atomic E-state index is 5.81. The quantitative estimate of drug-likeness (QED) is 0.734. The van der Waals surface area contributed by atoms with Crippen LogP contribution in [-0.4, -0.2) is 49.8 Å². The number of ether oxygens (including phenoxy) is 1. The Kier molecular flexibility index (Phi) is 7.33. The maximum absolute atomic E-state index is 5.81. The van der Waals surface area contributed by atoms with Crippen molar-refractivity contribution in [2.45, 2.75) is 66.0 Å². The lowest BCUT2D eigenvalue weighted by atomic mass is 9.84. The third-order valence-corrected chi connectivity index (χ3v) is 4.29. The molecule has 0 aliphatic carbocycles. The van der Waals surface area contributed by atoms with E-state index in [0.29, 0.717) is 17.6 Å². The minimum Gasteiger partial charge on any atom is -0.376 e. The van der Waals surface area contributed by atoms with Crippen molar-refractivity contribution in [2.75, 3.05) is 32.8 Å². The summed E-state index contributed by atoms with van der Waals surface area (Å²) in [6.07, 6.45) is 4.13. The molecular weight excluding hydrogens is 236 g/mol. The van der Waals surface area contributed by atoms with Crippen molar-refractivity contribution in [2.24, 2.45) is 5.41 Å². The highest BCUT2D eigenvalue weighted by molar-refractivity contribution is 4.86. The predicted molar refractivity (Wildman–Crippen MR) is 82.6 cm³/mol. The van der Waals surface area contributed by atoms with Gasteiger partial charge >= 0.3 is 0 Å². The highest BCUT2D eigenvalue weighted by Gasteiger charge is 2.32. The zero-order valence-electron chi connectivity index (χ0n) is 13.7. The van der Waals surface area contributed by atoms with Gasteiger partial charge in [-0.3, -0.25) is 4.90 Å². The van der Waals surface area contributed by atoms with Crippen LogP contribution in [0.3, 0.4) is 0 Å². The SMILES string of the molecule is CCCC(C)(CNCC)CN1CC(C)OCC1CC. The molecule has 3 nitrogen and oxygen atoms in total. The van der Waals surface area contributed by atoms with Crippen LogP contribution in [0.15, 0.2) is 0 Å².